The molecule has 0 aromatic rings. The minimum atomic E-state index is -4.20. The second-order valence-electron chi connectivity index (χ2n) is 2.44. The Morgan fingerprint density at radius 3 is 1.93 bits per heavy atom. The van der Waals surface area contributed by atoms with Crippen molar-refractivity contribution in [3.05, 3.63) is 0 Å². The standard InChI is InChI=1S/C4H10O4S.C3H8O2/c1-2-3-4-8-9(5,6)7;1-2-3-5-4/h2-4H2,1H3,(H,5,6,7);4H,2-3H2,1H3. The van der Waals surface area contributed by atoms with Crippen LogP contribution in [0.15, 0.2) is 0 Å². The second kappa shape index (κ2) is 10.9. The normalized spacial score (nSPS) is 10.6. The molecule has 0 amide bonds. The summed E-state index contributed by atoms with van der Waals surface area (Å²) in [4.78, 5) is 3.69. The topological polar surface area (TPSA) is 93.1 Å². The van der Waals surface area contributed by atoms with E-state index in [9.17, 15) is 8.42 Å². The van der Waals surface area contributed by atoms with Crippen molar-refractivity contribution >= 4 is 10.4 Å². The number of unbranched alkanes of at least 4 members (excludes halogenated alkanes) is 1. The molecule has 0 spiro atoms. The highest BCUT2D eigenvalue weighted by atomic mass is 32.3. The van der Waals surface area contributed by atoms with Crippen LogP contribution in [0.5, 0.6) is 0 Å². The molecule has 2 N–H and O–H groups in total. The zero-order valence-corrected chi connectivity index (χ0v) is 9.29. The van der Waals surface area contributed by atoms with Crippen molar-refractivity contribution < 1.29 is 27.3 Å². The zero-order chi connectivity index (χ0) is 11.4. The fraction of sp³-hybridized carbons (Fsp3) is 1.00. The lowest BCUT2D eigenvalue weighted by Crippen LogP contribution is -2.04. The fourth-order valence-corrected chi connectivity index (χ4v) is 0.728. The first-order valence-electron chi connectivity index (χ1n) is 4.36. The van der Waals surface area contributed by atoms with Crippen LogP contribution in [0.3, 0.4) is 0 Å². The van der Waals surface area contributed by atoms with Crippen LogP contribution < -0.4 is 0 Å². The van der Waals surface area contributed by atoms with Gasteiger partial charge in [0.2, 0.25) is 0 Å². The Labute approximate surface area is 84.7 Å². The van der Waals surface area contributed by atoms with Crippen LogP contribution in [-0.2, 0) is 19.5 Å². The van der Waals surface area contributed by atoms with Gasteiger partial charge in [-0.2, -0.15) is 8.42 Å². The lowest BCUT2D eigenvalue weighted by Gasteiger charge is -1.95. The van der Waals surface area contributed by atoms with Gasteiger partial charge in [-0.1, -0.05) is 20.3 Å². The molecule has 6 nitrogen and oxygen atoms in total. The van der Waals surface area contributed by atoms with E-state index in [1.54, 1.807) is 0 Å². The van der Waals surface area contributed by atoms with E-state index in [1.807, 2.05) is 13.8 Å². The SMILES string of the molecule is CCCCOS(=O)(=O)O.CCCOO. The average molecular weight is 230 g/mol. The summed E-state index contributed by atoms with van der Waals surface area (Å²) in [7, 11) is -4.20. The Morgan fingerprint density at radius 1 is 1.14 bits per heavy atom. The molecule has 0 aromatic carbocycles. The maximum absolute atomic E-state index is 9.84. The summed E-state index contributed by atoms with van der Waals surface area (Å²) in [5.41, 5.74) is 0. The Kier molecular flexibility index (Phi) is 12.6. The predicted molar refractivity (Wildman–Crippen MR) is 51.3 cm³/mol. The van der Waals surface area contributed by atoms with Crippen molar-refractivity contribution in [1.82, 2.24) is 0 Å². The number of hydrogen-bond acceptors (Lipinski definition) is 5. The summed E-state index contributed by atoms with van der Waals surface area (Å²) >= 11 is 0. The summed E-state index contributed by atoms with van der Waals surface area (Å²) in [5.74, 6) is 0. The molecule has 88 valence electrons. The minimum absolute atomic E-state index is 0.0648. The van der Waals surface area contributed by atoms with Crippen molar-refractivity contribution in [3.8, 4) is 0 Å². The molecule has 0 bridgehead atoms. The zero-order valence-electron chi connectivity index (χ0n) is 8.47. The third-order valence-electron chi connectivity index (χ3n) is 1.03. The molecule has 14 heavy (non-hydrogen) atoms. The average Bonchev–Trinajstić information content (AvgIpc) is 2.05. The third kappa shape index (κ3) is 22.6. The van der Waals surface area contributed by atoms with Crippen LogP contribution in [0.4, 0.5) is 0 Å². The first-order chi connectivity index (χ1) is 6.47. The van der Waals surface area contributed by atoms with Gasteiger partial charge in [-0.05, 0) is 12.8 Å². The Morgan fingerprint density at radius 2 is 1.71 bits per heavy atom. The first-order valence-corrected chi connectivity index (χ1v) is 5.72. The van der Waals surface area contributed by atoms with Gasteiger partial charge in [-0.15, -0.1) is 0 Å². The van der Waals surface area contributed by atoms with Crippen molar-refractivity contribution in [2.45, 2.75) is 33.1 Å². The van der Waals surface area contributed by atoms with Crippen molar-refractivity contribution in [1.29, 1.82) is 0 Å². The van der Waals surface area contributed by atoms with E-state index in [1.165, 1.54) is 0 Å². The van der Waals surface area contributed by atoms with Gasteiger partial charge >= 0.3 is 10.4 Å². The monoisotopic (exact) mass is 230 g/mol. The van der Waals surface area contributed by atoms with Gasteiger partial charge in [0.1, 0.15) is 0 Å². The smallest absolute Gasteiger partial charge is 0.264 e. The van der Waals surface area contributed by atoms with E-state index in [0.717, 1.165) is 12.8 Å². The molecule has 0 aliphatic heterocycles. The maximum atomic E-state index is 9.84. The van der Waals surface area contributed by atoms with Crippen molar-refractivity contribution in [2.24, 2.45) is 0 Å². The van der Waals surface area contributed by atoms with Gasteiger partial charge in [0.05, 0.1) is 13.2 Å². The van der Waals surface area contributed by atoms with Gasteiger partial charge in [-0.25, -0.2) is 9.07 Å². The molecule has 0 unspecified atom stereocenters. The maximum Gasteiger partial charge on any atom is 0.397 e. The van der Waals surface area contributed by atoms with Gasteiger partial charge in [0, 0.05) is 0 Å². The number of rotatable bonds is 6. The summed E-state index contributed by atoms with van der Waals surface area (Å²) in [6.07, 6.45) is 2.35. The highest BCUT2D eigenvalue weighted by Crippen LogP contribution is 1.91. The van der Waals surface area contributed by atoms with Gasteiger partial charge in [-0.3, -0.25) is 9.81 Å². The van der Waals surface area contributed by atoms with Gasteiger partial charge in [0.25, 0.3) is 0 Å². The van der Waals surface area contributed by atoms with Crippen LogP contribution in [-0.4, -0.2) is 31.4 Å². The Bertz CT molecular complexity index is 186. The van der Waals surface area contributed by atoms with E-state index in [2.05, 4.69) is 9.07 Å². The molecule has 0 aromatic heterocycles. The minimum Gasteiger partial charge on any atom is -0.264 e. The second-order valence-corrected chi connectivity index (χ2v) is 3.53. The van der Waals surface area contributed by atoms with E-state index in [-0.39, 0.29) is 6.61 Å². The highest BCUT2D eigenvalue weighted by molar-refractivity contribution is 7.80. The molecule has 0 heterocycles. The molecule has 0 radical (unpaired) electrons. The highest BCUT2D eigenvalue weighted by Gasteiger charge is 2.00. The molecular formula is C7H18O6S. The third-order valence-corrected chi connectivity index (χ3v) is 1.49. The molecule has 0 aliphatic carbocycles. The Hall–Kier alpha value is -0.210. The van der Waals surface area contributed by atoms with Crippen LogP contribution in [0.2, 0.25) is 0 Å². The van der Waals surface area contributed by atoms with Crippen LogP contribution in [0.25, 0.3) is 0 Å². The summed E-state index contributed by atoms with van der Waals surface area (Å²) in [6, 6.07) is 0. The molecule has 0 saturated heterocycles. The molecule has 7 heteroatoms. The summed E-state index contributed by atoms with van der Waals surface area (Å²) < 4.78 is 31.7. The molecule has 0 aliphatic rings. The van der Waals surface area contributed by atoms with E-state index in [0.29, 0.717) is 13.0 Å². The molecule has 0 fully saturated rings. The summed E-state index contributed by atoms with van der Waals surface area (Å²) in [6.45, 7) is 4.33. The molecule has 0 saturated carbocycles. The lowest BCUT2D eigenvalue weighted by molar-refractivity contribution is -0.241. The predicted octanol–water partition coefficient (Wildman–Crippen LogP) is 1.49. The van der Waals surface area contributed by atoms with E-state index < -0.39 is 10.4 Å². The molecule has 0 atom stereocenters. The van der Waals surface area contributed by atoms with E-state index in [4.69, 9.17) is 9.81 Å². The van der Waals surface area contributed by atoms with Gasteiger partial charge in [0.15, 0.2) is 0 Å². The largest absolute Gasteiger partial charge is 0.397 e. The summed E-state index contributed by atoms with van der Waals surface area (Å²) in [5, 5.41) is 7.57. The van der Waals surface area contributed by atoms with Crippen LogP contribution in [0, 0.1) is 0 Å². The fourth-order valence-electron chi connectivity index (χ4n) is 0.400. The van der Waals surface area contributed by atoms with Crippen LogP contribution in [0.1, 0.15) is 33.1 Å². The Balaban J connectivity index is 0. The van der Waals surface area contributed by atoms with Crippen molar-refractivity contribution in [3.63, 3.8) is 0 Å². The molecule has 0 rings (SSSR count). The molecular weight excluding hydrogens is 212 g/mol. The first kappa shape index (κ1) is 16.2. The van der Waals surface area contributed by atoms with E-state index >= 15 is 0 Å². The number of hydrogen-bond donors (Lipinski definition) is 2. The van der Waals surface area contributed by atoms with Crippen LogP contribution >= 0.6 is 0 Å². The van der Waals surface area contributed by atoms with Crippen molar-refractivity contribution in [2.75, 3.05) is 13.2 Å². The van der Waals surface area contributed by atoms with Gasteiger partial charge < -0.3 is 0 Å². The quantitative estimate of drug-likeness (QED) is 0.311. The lowest BCUT2D eigenvalue weighted by atomic mass is 10.4.